The van der Waals surface area contributed by atoms with Gasteiger partial charge in [-0.1, -0.05) is 36.3 Å². The predicted molar refractivity (Wildman–Crippen MR) is 76.3 cm³/mol. The zero-order valence-corrected chi connectivity index (χ0v) is 14.4. The van der Waals surface area contributed by atoms with Crippen molar-refractivity contribution in [2.75, 3.05) is 0 Å². The number of carboxylic acids is 1. The third kappa shape index (κ3) is 3.57. The zero-order valence-electron chi connectivity index (χ0n) is 19.4. The Hall–Kier alpha value is -1.19. The average molecular weight is 349 g/mol. The van der Waals surface area contributed by atoms with Gasteiger partial charge in [-0.2, -0.15) is 0 Å². The minimum atomic E-state index is -2.12. The number of rotatable bonds is 3. The van der Waals surface area contributed by atoms with Crippen LogP contribution in [-0.4, -0.2) is 52.0 Å². The molecule has 2 aromatic carbocycles. The van der Waals surface area contributed by atoms with Gasteiger partial charge >= 0.3 is 29.6 Å². The molecular weight excluding hydrogens is 327 g/mol. The van der Waals surface area contributed by atoms with Crippen LogP contribution in [0.5, 0.6) is 5.75 Å². The van der Waals surface area contributed by atoms with Gasteiger partial charge in [0.15, 0.2) is 0 Å². The van der Waals surface area contributed by atoms with Crippen LogP contribution in [0.4, 0.5) is 0 Å². The number of aliphatic carboxylic acids is 1. The smallest absolute Gasteiger partial charge is 0.547 e. The average Bonchev–Trinajstić information content (AvgIpc) is 2.70. The number of hydrogen-bond acceptors (Lipinski definition) is 7. The van der Waals surface area contributed by atoms with E-state index in [1.54, 1.807) is 0 Å². The molecule has 1 fully saturated rings. The molecule has 24 heavy (non-hydrogen) atoms. The number of aliphatic hydroxyl groups is 3. The van der Waals surface area contributed by atoms with Crippen molar-refractivity contribution in [1.29, 1.82) is 0 Å². The Kier molecular flexibility index (Phi) is 3.71. The number of carboxylic acid groups (broad SMARTS) is 1. The SMILES string of the molecule is [2H]c1c([2H])c([2H])c2c(O[C@@H]3O[C@H](C(=O)[O-])[C@@H](O)[C@H](O)[C@H]3O)c([2H])c([2H])c([2H])c2c1[2H].[Na+]. The quantitative estimate of drug-likeness (QED) is 0.481. The molecule has 5 atom stereocenters. The summed E-state index contributed by atoms with van der Waals surface area (Å²) in [4.78, 5) is 11.1. The molecule has 0 unspecified atom stereocenters. The normalized spacial score (nSPS) is 33.8. The van der Waals surface area contributed by atoms with E-state index in [9.17, 15) is 25.2 Å². The Bertz CT molecular complexity index is 1050. The van der Waals surface area contributed by atoms with Gasteiger partial charge in [0.25, 0.3) is 0 Å². The van der Waals surface area contributed by atoms with E-state index >= 15 is 0 Å². The second kappa shape index (κ2) is 7.79. The van der Waals surface area contributed by atoms with Crippen molar-refractivity contribution in [1.82, 2.24) is 0 Å². The first-order valence-electron chi connectivity index (χ1n) is 9.97. The minimum Gasteiger partial charge on any atom is -0.547 e. The molecule has 0 aromatic heterocycles. The maximum Gasteiger partial charge on any atom is 1.00 e. The van der Waals surface area contributed by atoms with Crippen molar-refractivity contribution < 1.29 is 73.8 Å². The number of ether oxygens (including phenoxy) is 2. The largest absolute Gasteiger partial charge is 1.00 e. The number of carbonyl (C=O) groups is 1. The van der Waals surface area contributed by atoms with Crippen molar-refractivity contribution in [2.24, 2.45) is 0 Å². The van der Waals surface area contributed by atoms with Gasteiger partial charge in [-0.05, 0) is 11.4 Å². The monoisotopic (exact) mass is 349 g/mol. The molecule has 0 radical (unpaired) electrons. The van der Waals surface area contributed by atoms with Crippen molar-refractivity contribution in [3.63, 3.8) is 0 Å². The molecule has 3 rings (SSSR count). The minimum absolute atomic E-state index is 0. The molecule has 1 saturated heterocycles. The molecule has 1 heterocycles. The van der Waals surface area contributed by atoms with Crippen LogP contribution < -0.4 is 39.4 Å². The second-order valence-corrected chi connectivity index (χ2v) is 4.79. The molecular formula is C16H15NaO7. The van der Waals surface area contributed by atoms with Crippen LogP contribution in [0.25, 0.3) is 10.8 Å². The van der Waals surface area contributed by atoms with E-state index in [-0.39, 0.29) is 29.6 Å². The summed E-state index contributed by atoms with van der Waals surface area (Å²) < 4.78 is 65.8. The van der Waals surface area contributed by atoms with Crippen molar-refractivity contribution in [3.05, 3.63) is 42.3 Å². The van der Waals surface area contributed by atoms with Gasteiger partial charge in [0, 0.05) is 5.39 Å². The maximum absolute atomic E-state index is 11.1. The van der Waals surface area contributed by atoms with E-state index in [2.05, 4.69) is 0 Å². The summed E-state index contributed by atoms with van der Waals surface area (Å²) in [5.41, 5.74) is 0. The molecule has 2 aromatic rings. The van der Waals surface area contributed by atoms with E-state index in [1.807, 2.05) is 0 Å². The summed E-state index contributed by atoms with van der Waals surface area (Å²) in [6.45, 7) is 0. The number of aliphatic hydroxyl groups excluding tert-OH is 3. The predicted octanol–water partition coefficient (Wildman–Crippen LogP) is -4.22. The summed E-state index contributed by atoms with van der Waals surface area (Å²) in [7, 11) is 0. The van der Waals surface area contributed by atoms with Gasteiger partial charge in [-0.25, -0.2) is 0 Å². The Balaban J connectivity index is 0.00000341. The van der Waals surface area contributed by atoms with E-state index in [0.717, 1.165) is 0 Å². The Morgan fingerprint density at radius 3 is 2.46 bits per heavy atom. The fraction of sp³-hybridized carbons (Fsp3) is 0.312. The Labute approximate surface area is 169 Å². The van der Waals surface area contributed by atoms with Crippen molar-refractivity contribution >= 4 is 16.7 Å². The van der Waals surface area contributed by atoms with Crippen LogP contribution in [-0.2, 0) is 9.53 Å². The molecule has 1 aliphatic heterocycles. The van der Waals surface area contributed by atoms with Crippen LogP contribution in [0.2, 0.25) is 0 Å². The number of hydrogen-bond donors (Lipinski definition) is 3. The van der Waals surface area contributed by atoms with Crippen molar-refractivity contribution in [3.8, 4) is 5.75 Å². The summed E-state index contributed by atoms with van der Waals surface area (Å²) >= 11 is 0. The molecule has 8 heteroatoms. The summed E-state index contributed by atoms with van der Waals surface area (Å²) in [5.74, 6) is -2.62. The first-order valence-corrected chi connectivity index (χ1v) is 6.47. The van der Waals surface area contributed by atoms with Gasteiger partial charge in [-0.3, -0.25) is 0 Å². The molecule has 3 N–H and O–H groups in total. The van der Waals surface area contributed by atoms with Crippen molar-refractivity contribution in [2.45, 2.75) is 30.7 Å². The van der Waals surface area contributed by atoms with Gasteiger partial charge in [0.2, 0.25) is 6.29 Å². The van der Waals surface area contributed by atoms with Crippen LogP contribution in [0.1, 0.15) is 9.60 Å². The molecule has 0 amide bonds. The van der Waals surface area contributed by atoms with E-state index in [1.165, 1.54) is 0 Å². The van der Waals surface area contributed by atoms with Crippen LogP contribution in [0.15, 0.2) is 42.3 Å². The standard InChI is InChI=1S/C16H16O7.Na/c17-11-12(18)14(15(20)21)23-16(13(11)19)22-10-7-3-5-8-4-1-2-6-9(8)10;/h1-7,11-14,16-19H,(H,20,21);/q;+1/p-1/t11-,12-,13+,14-,16+;/m0./s1/i1D,2D,3D,4D,5D,6D,7D;. The number of fused-ring (bicyclic) bond motifs is 1. The van der Waals surface area contributed by atoms with E-state index in [4.69, 9.17) is 19.1 Å². The summed E-state index contributed by atoms with van der Waals surface area (Å²) in [6.07, 6.45) is -10.3. The third-order valence-electron chi connectivity index (χ3n) is 3.31. The third-order valence-corrected chi connectivity index (χ3v) is 3.31. The summed E-state index contributed by atoms with van der Waals surface area (Å²) in [5, 5.41) is 40.0. The fourth-order valence-corrected chi connectivity index (χ4v) is 2.13. The van der Waals surface area contributed by atoms with Gasteiger partial charge in [0.05, 0.1) is 15.6 Å². The molecule has 0 spiro atoms. The summed E-state index contributed by atoms with van der Waals surface area (Å²) in [6, 6.07) is -4.99. The van der Waals surface area contributed by atoms with Gasteiger partial charge in [0.1, 0.15) is 30.2 Å². The zero-order chi connectivity index (χ0) is 22.7. The molecule has 7 nitrogen and oxygen atoms in total. The molecule has 0 saturated carbocycles. The van der Waals surface area contributed by atoms with Gasteiger partial charge < -0.3 is 34.7 Å². The van der Waals surface area contributed by atoms with Crippen LogP contribution >= 0.6 is 0 Å². The second-order valence-electron chi connectivity index (χ2n) is 4.79. The van der Waals surface area contributed by atoms with Gasteiger partial charge in [-0.15, -0.1) is 0 Å². The molecule has 0 aliphatic carbocycles. The molecule has 122 valence electrons. The number of benzene rings is 2. The maximum atomic E-state index is 11.1. The molecule has 1 aliphatic rings. The van der Waals surface area contributed by atoms with E-state index < -0.39 is 95.5 Å². The first kappa shape index (κ1) is 11.4. The topological polar surface area (TPSA) is 119 Å². The van der Waals surface area contributed by atoms with E-state index in [0.29, 0.717) is 0 Å². The first-order chi connectivity index (χ1) is 13.9. The van der Waals surface area contributed by atoms with Crippen LogP contribution in [0, 0.1) is 0 Å². The number of carbonyl (C=O) groups excluding carboxylic acids is 1. The Morgan fingerprint density at radius 2 is 1.75 bits per heavy atom. The fourth-order valence-electron chi connectivity index (χ4n) is 2.13. The van der Waals surface area contributed by atoms with Crippen LogP contribution in [0.3, 0.4) is 0 Å². The Morgan fingerprint density at radius 1 is 1.08 bits per heavy atom. The molecule has 0 bridgehead atoms.